The Balaban J connectivity index is 2.20. The highest BCUT2D eigenvalue weighted by Gasteiger charge is 2.13. The lowest BCUT2D eigenvalue weighted by Gasteiger charge is -2.09. The Labute approximate surface area is 117 Å². The van der Waals surface area contributed by atoms with Crippen molar-refractivity contribution in [3.05, 3.63) is 52.3 Å². The van der Waals surface area contributed by atoms with E-state index < -0.39 is 4.92 Å². The smallest absolute Gasteiger partial charge is 0.270 e. The average Bonchev–Trinajstić information content (AvgIpc) is 2.94. The summed E-state index contributed by atoms with van der Waals surface area (Å²) < 4.78 is 5.78. The molecule has 1 heterocycles. The van der Waals surface area contributed by atoms with Crippen LogP contribution in [0.4, 0.5) is 5.69 Å². The highest BCUT2D eigenvalue weighted by atomic mass is 16.6. The third kappa shape index (κ3) is 3.24. The molecular weight excluding hydrogens is 256 g/mol. The minimum Gasteiger partial charge on any atom is -0.459 e. The fraction of sp³-hybridized carbons (Fsp3) is 0.333. The van der Waals surface area contributed by atoms with Crippen molar-refractivity contribution in [2.45, 2.75) is 26.3 Å². The number of nitrogens with one attached hydrogen (secondary N) is 1. The van der Waals surface area contributed by atoms with Gasteiger partial charge in [-0.05, 0) is 32.0 Å². The van der Waals surface area contributed by atoms with Gasteiger partial charge in [-0.1, -0.05) is 19.1 Å². The van der Waals surface area contributed by atoms with Crippen molar-refractivity contribution < 1.29 is 9.34 Å². The number of hydrogen-bond acceptors (Lipinski definition) is 4. The minimum absolute atomic E-state index is 0.0672. The summed E-state index contributed by atoms with van der Waals surface area (Å²) in [5.41, 5.74) is 0.783. The van der Waals surface area contributed by atoms with Gasteiger partial charge in [-0.3, -0.25) is 10.1 Å². The first-order valence-corrected chi connectivity index (χ1v) is 6.69. The zero-order valence-electron chi connectivity index (χ0n) is 11.6. The van der Waals surface area contributed by atoms with Crippen molar-refractivity contribution in [3.63, 3.8) is 0 Å². The molecule has 0 fully saturated rings. The van der Waals surface area contributed by atoms with Crippen LogP contribution in [-0.2, 0) is 0 Å². The van der Waals surface area contributed by atoms with Gasteiger partial charge in [-0.2, -0.15) is 0 Å². The maximum absolute atomic E-state index is 10.8. The monoisotopic (exact) mass is 274 g/mol. The van der Waals surface area contributed by atoms with Crippen LogP contribution in [0.5, 0.6) is 0 Å². The second-order valence-electron chi connectivity index (χ2n) is 4.69. The summed E-state index contributed by atoms with van der Waals surface area (Å²) in [6, 6.07) is 10.3. The Morgan fingerprint density at radius 1 is 1.35 bits per heavy atom. The highest BCUT2D eigenvalue weighted by Crippen LogP contribution is 2.27. The summed E-state index contributed by atoms with van der Waals surface area (Å²) in [6.45, 7) is 5.07. The summed E-state index contributed by atoms with van der Waals surface area (Å²) >= 11 is 0. The molecule has 1 N–H and O–H groups in total. The Morgan fingerprint density at radius 2 is 2.15 bits per heavy atom. The van der Waals surface area contributed by atoms with E-state index in [-0.39, 0.29) is 11.7 Å². The zero-order chi connectivity index (χ0) is 14.5. The predicted molar refractivity (Wildman–Crippen MR) is 77.5 cm³/mol. The van der Waals surface area contributed by atoms with E-state index in [1.165, 1.54) is 12.1 Å². The molecule has 5 nitrogen and oxygen atoms in total. The lowest BCUT2D eigenvalue weighted by atomic mass is 10.1. The van der Waals surface area contributed by atoms with E-state index in [4.69, 9.17) is 4.42 Å². The molecule has 0 saturated carbocycles. The van der Waals surface area contributed by atoms with Gasteiger partial charge in [-0.25, -0.2) is 0 Å². The summed E-state index contributed by atoms with van der Waals surface area (Å²) in [5, 5.41) is 14.1. The Kier molecular flexibility index (Phi) is 4.53. The fourth-order valence-corrected chi connectivity index (χ4v) is 1.97. The topological polar surface area (TPSA) is 68.3 Å². The summed E-state index contributed by atoms with van der Waals surface area (Å²) in [4.78, 5) is 10.4. The van der Waals surface area contributed by atoms with Gasteiger partial charge in [0.15, 0.2) is 0 Å². The quantitative estimate of drug-likeness (QED) is 0.640. The van der Waals surface area contributed by atoms with Crippen molar-refractivity contribution in [1.82, 2.24) is 5.32 Å². The van der Waals surface area contributed by atoms with Crippen LogP contribution in [0.3, 0.4) is 0 Å². The molecule has 0 aliphatic carbocycles. The van der Waals surface area contributed by atoms with Gasteiger partial charge in [0.05, 0.1) is 11.0 Å². The molecule has 0 amide bonds. The SMILES string of the molecule is CCCNC(C)c1ccc(-c2cccc([N+](=O)[O-])c2)o1. The molecule has 106 valence electrons. The average molecular weight is 274 g/mol. The van der Waals surface area contributed by atoms with E-state index in [1.807, 2.05) is 19.1 Å². The lowest BCUT2D eigenvalue weighted by molar-refractivity contribution is -0.384. The first-order chi connectivity index (χ1) is 9.61. The van der Waals surface area contributed by atoms with E-state index in [9.17, 15) is 10.1 Å². The molecule has 0 saturated heterocycles. The van der Waals surface area contributed by atoms with Crippen LogP contribution in [0.2, 0.25) is 0 Å². The number of non-ortho nitro benzene ring substituents is 1. The number of nitro groups is 1. The third-order valence-electron chi connectivity index (χ3n) is 3.10. The van der Waals surface area contributed by atoms with Crippen LogP contribution in [0.25, 0.3) is 11.3 Å². The first kappa shape index (κ1) is 14.3. The van der Waals surface area contributed by atoms with Gasteiger partial charge in [0, 0.05) is 17.7 Å². The molecule has 0 bridgehead atoms. The number of nitro benzene ring substituents is 1. The molecule has 2 rings (SSSR count). The van der Waals surface area contributed by atoms with E-state index in [0.717, 1.165) is 18.7 Å². The Bertz CT molecular complexity index is 592. The van der Waals surface area contributed by atoms with E-state index in [0.29, 0.717) is 11.3 Å². The summed E-state index contributed by atoms with van der Waals surface area (Å²) in [5.74, 6) is 1.48. The van der Waals surface area contributed by atoms with Crippen LogP contribution in [0.15, 0.2) is 40.8 Å². The van der Waals surface area contributed by atoms with Crippen LogP contribution in [0, 0.1) is 10.1 Å². The minimum atomic E-state index is -0.404. The maximum atomic E-state index is 10.8. The van der Waals surface area contributed by atoms with Crippen molar-refractivity contribution in [3.8, 4) is 11.3 Å². The second kappa shape index (κ2) is 6.34. The molecule has 0 spiro atoms. The summed E-state index contributed by atoms with van der Waals surface area (Å²) in [6.07, 6.45) is 1.06. The van der Waals surface area contributed by atoms with Gasteiger partial charge in [-0.15, -0.1) is 0 Å². The molecule has 0 aliphatic rings. The standard InChI is InChI=1S/C15H18N2O3/c1-3-9-16-11(2)14-7-8-15(20-14)12-5-4-6-13(10-12)17(18)19/h4-8,10-11,16H,3,9H2,1-2H3. The van der Waals surface area contributed by atoms with Gasteiger partial charge < -0.3 is 9.73 Å². The largest absolute Gasteiger partial charge is 0.459 e. The second-order valence-corrected chi connectivity index (χ2v) is 4.69. The van der Waals surface area contributed by atoms with Crippen LogP contribution >= 0.6 is 0 Å². The molecule has 5 heteroatoms. The molecule has 1 aromatic heterocycles. The number of hydrogen-bond donors (Lipinski definition) is 1. The molecule has 0 aliphatic heterocycles. The number of benzene rings is 1. The molecule has 2 aromatic rings. The van der Waals surface area contributed by atoms with Crippen molar-refractivity contribution in [2.75, 3.05) is 6.54 Å². The summed E-state index contributed by atoms with van der Waals surface area (Å²) in [7, 11) is 0. The Morgan fingerprint density at radius 3 is 2.85 bits per heavy atom. The highest BCUT2D eigenvalue weighted by molar-refractivity contribution is 5.61. The van der Waals surface area contributed by atoms with Crippen LogP contribution in [0.1, 0.15) is 32.1 Å². The lowest BCUT2D eigenvalue weighted by Crippen LogP contribution is -2.18. The van der Waals surface area contributed by atoms with Crippen LogP contribution in [-0.4, -0.2) is 11.5 Å². The fourth-order valence-electron chi connectivity index (χ4n) is 1.97. The zero-order valence-corrected chi connectivity index (χ0v) is 11.6. The molecule has 1 atom stereocenters. The van der Waals surface area contributed by atoms with Crippen LogP contribution < -0.4 is 5.32 Å². The molecule has 20 heavy (non-hydrogen) atoms. The van der Waals surface area contributed by atoms with E-state index in [2.05, 4.69) is 12.2 Å². The van der Waals surface area contributed by atoms with E-state index >= 15 is 0 Å². The van der Waals surface area contributed by atoms with Gasteiger partial charge in [0.25, 0.3) is 5.69 Å². The van der Waals surface area contributed by atoms with Gasteiger partial charge in [0.1, 0.15) is 11.5 Å². The van der Waals surface area contributed by atoms with E-state index in [1.54, 1.807) is 12.1 Å². The first-order valence-electron chi connectivity index (χ1n) is 6.69. The Hall–Kier alpha value is -2.14. The number of furan rings is 1. The molecule has 1 aromatic carbocycles. The maximum Gasteiger partial charge on any atom is 0.270 e. The number of rotatable bonds is 6. The van der Waals surface area contributed by atoms with Gasteiger partial charge >= 0.3 is 0 Å². The van der Waals surface area contributed by atoms with Crippen molar-refractivity contribution in [1.29, 1.82) is 0 Å². The predicted octanol–water partition coefficient (Wildman–Crippen LogP) is 3.92. The normalized spacial score (nSPS) is 12.3. The third-order valence-corrected chi connectivity index (χ3v) is 3.10. The van der Waals surface area contributed by atoms with Gasteiger partial charge in [0.2, 0.25) is 0 Å². The molecular formula is C15H18N2O3. The molecule has 1 unspecified atom stereocenters. The number of nitrogens with zero attached hydrogens (tertiary/aromatic N) is 1. The van der Waals surface area contributed by atoms with Crippen molar-refractivity contribution >= 4 is 5.69 Å². The molecule has 0 radical (unpaired) electrons. The van der Waals surface area contributed by atoms with Crippen molar-refractivity contribution in [2.24, 2.45) is 0 Å².